The smallest absolute Gasteiger partial charge is 0.225 e. The van der Waals surface area contributed by atoms with E-state index >= 15 is 0 Å². The molecule has 4 nitrogen and oxygen atoms in total. The molecular weight excluding hydrogens is 331 g/mol. The lowest BCUT2D eigenvalue weighted by atomic mass is 9.65. The van der Waals surface area contributed by atoms with Crippen LogP contribution in [0.1, 0.15) is 50.7 Å². The molecule has 1 heterocycles. The van der Waals surface area contributed by atoms with Crippen molar-refractivity contribution in [3.63, 3.8) is 0 Å². The predicted molar refractivity (Wildman–Crippen MR) is 97.8 cm³/mol. The Morgan fingerprint density at radius 2 is 1.81 bits per heavy atom. The van der Waals surface area contributed by atoms with Gasteiger partial charge in [0.2, 0.25) is 5.91 Å². The van der Waals surface area contributed by atoms with Crippen LogP contribution in [0.3, 0.4) is 0 Å². The van der Waals surface area contributed by atoms with Crippen LogP contribution in [0, 0.1) is 23.6 Å². The number of amides is 1. The molecule has 2 saturated carbocycles. The number of benzene rings is 1. The Morgan fingerprint density at radius 3 is 2.46 bits per heavy atom. The number of carbonyl (C=O) groups excluding carboxylic acids is 1. The van der Waals surface area contributed by atoms with Gasteiger partial charge in [0.1, 0.15) is 11.9 Å². The molecule has 3 fully saturated rings. The Labute approximate surface area is 154 Å². The van der Waals surface area contributed by atoms with Gasteiger partial charge in [0, 0.05) is 18.5 Å². The SMILES string of the molecule is CC1CN(C(=O)C2CC3CCCC(C2)C3N)CC(c2ccc(F)cc2)O1. The molecule has 2 bridgehead atoms. The van der Waals surface area contributed by atoms with Gasteiger partial charge in [0.25, 0.3) is 0 Å². The number of morpholine rings is 1. The molecule has 1 aromatic rings. The van der Waals surface area contributed by atoms with E-state index in [1.54, 1.807) is 12.1 Å². The number of nitrogens with two attached hydrogens (primary N) is 1. The van der Waals surface area contributed by atoms with E-state index in [0.717, 1.165) is 18.4 Å². The van der Waals surface area contributed by atoms with E-state index in [0.29, 0.717) is 24.9 Å². The summed E-state index contributed by atoms with van der Waals surface area (Å²) in [5.74, 6) is 1.11. The standard InChI is InChI=1S/C21H29FN2O2/c1-13-11-24(12-19(26-13)14-5-7-18(22)8-6-14)21(25)17-9-15-3-2-4-16(10-17)20(15)23/h5-8,13,15-17,19-20H,2-4,9-12,23H2,1H3. The van der Waals surface area contributed by atoms with E-state index in [9.17, 15) is 9.18 Å². The summed E-state index contributed by atoms with van der Waals surface area (Å²) in [4.78, 5) is 15.2. The second-order valence-electron chi connectivity index (χ2n) is 8.43. The van der Waals surface area contributed by atoms with E-state index in [4.69, 9.17) is 10.5 Å². The first-order valence-electron chi connectivity index (χ1n) is 9.96. The fraction of sp³-hybridized carbons (Fsp3) is 0.667. The monoisotopic (exact) mass is 360 g/mol. The quantitative estimate of drug-likeness (QED) is 0.881. The van der Waals surface area contributed by atoms with Crippen LogP contribution < -0.4 is 5.73 Å². The van der Waals surface area contributed by atoms with Crippen LogP contribution in [0.15, 0.2) is 24.3 Å². The molecule has 0 spiro atoms. The largest absolute Gasteiger partial charge is 0.367 e. The molecule has 2 N–H and O–H groups in total. The van der Waals surface area contributed by atoms with Gasteiger partial charge in [-0.05, 0) is 62.1 Å². The van der Waals surface area contributed by atoms with Crippen LogP contribution >= 0.6 is 0 Å². The number of carbonyl (C=O) groups is 1. The van der Waals surface area contributed by atoms with Crippen LogP contribution in [0.25, 0.3) is 0 Å². The summed E-state index contributed by atoms with van der Waals surface area (Å²) in [7, 11) is 0. The second kappa shape index (κ2) is 7.28. The van der Waals surface area contributed by atoms with Crippen molar-refractivity contribution in [2.24, 2.45) is 23.5 Å². The number of nitrogens with zero attached hydrogens (tertiary/aromatic N) is 1. The summed E-state index contributed by atoms with van der Waals surface area (Å²) in [6.45, 7) is 3.18. The molecule has 3 aliphatic rings. The van der Waals surface area contributed by atoms with Gasteiger partial charge >= 0.3 is 0 Å². The summed E-state index contributed by atoms with van der Waals surface area (Å²) >= 11 is 0. The first-order valence-corrected chi connectivity index (χ1v) is 9.96. The average molecular weight is 360 g/mol. The van der Waals surface area contributed by atoms with E-state index in [1.165, 1.54) is 31.4 Å². The molecule has 4 atom stereocenters. The zero-order valence-electron chi connectivity index (χ0n) is 15.4. The summed E-state index contributed by atoms with van der Waals surface area (Å²) in [5, 5.41) is 0. The van der Waals surface area contributed by atoms with Gasteiger partial charge in [-0.25, -0.2) is 4.39 Å². The van der Waals surface area contributed by atoms with Gasteiger partial charge in [-0.3, -0.25) is 4.79 Å². The molecule has 1 saturated heterocycles. The van der Waals surface area contributed by atoms with Gasteiger partial charge in [-0.1, -0.05) is 18.6 Å². The molecule has 0 radical (unpaired) electrons. The molecule has 5 heteroatoms. The van der Waals surface area contributed by atoms with Gasteiger partial charge < -0.3 is 15.4 Å². The second-order valence-corrected chi connectivity index (χ2v) is 8.43. The normalized spacial score (nSPS) is 37.4. The molecule has 1 aromatic carbocycles. The van der Waals surface area contributed by atoms with E-state index in [1.807, 2.05) is 11.8 Å². The maximum Gasteiger partial charge on any atom is 0.225 e. The maximum atomic E-state index is 13.2. The predicted octanol–water partition coefficient (Wildman–Crippen LogP) is 3.27. The number of hydrogen-bond donors (Lipinski definition) is 1. The summed E-state index contributed by atoms with van der Waals surface area (Å²) < 4.78 is 19.2. The van der Waals surface area contributed by atoms with Crippen LogP contribution in [-0.4, -0.2) is 36.0 Å². The molecule has 1 aliphatic heterocycles. The molecule has 1 amide bonds. The minimum atomic E-state index is -0.254. The molecule has 2 aliphatic carbocycles. The van der Waals surface area contributed by atoms with E-state index < -0.39 is 0 Å². The Balaban J connectivity index is 1.46. The van der Waals surface area contributed by atoms with Crippen molar-refractivity contribution < 1.29 is 13.9 Å². The highest BCUT2D eigenvalue weighted by atomic mass is 19.1. The first-order chi connectivity index (χ1) is 12.5. The average Bonchev–Trinajstić information content (AvgIpc) is 2.61. The van der Waals surface area contributed by atoms with Crippen molar-refractivity contribution >= 4 is 5.91 Å². The third kappa shape index (κ3) is 3.52. The van der Waals surface area contributed by atoms with Crippen molar-refractivity contribution in [3.8, 4) is 0 Å². The van der Waals surface area contributed by atoms with Crippen LogP contribution in [0.5, 0.6) is 0 Å². The van der Waals surface area contributed by atoms with Gasteiger partial charge in [0.05, 0.1) is 12.6 Å². The van der Waals surface area contributed by atoms with Gasteiger partial charge in [-0.2, -0.15) is 0 Å². The zero-order valence-corrected chi connectivity index (χ0v) is 15.4. The van der Waals surface area contributed by atoms with Crippen molar-refractivity contribution in [2.45, 2.75) is 57.3 Å². The van der Waals surface area contributed by atoms with E-state index in [2.05, 4.69) is 0 Å². The van der Waals surface area contributed by atoms with Crippen LogP contribution in [-0.2, 0) is 9.53 Å². The van der Waals surface area contributed by atoms with Crippen LogP contribution in [0.4, 0.5) is 4.39 Å². The Bertz CT molecular complexity index is 636. The lowest BCUT2D eigenvalue weighted by Crippen LogP contribution is -2.52. The van der Waals surface area contributed by atoms with Crippen molar-refractivity contribution in [3.05, 3.63) is 35.6 Å². The Morgan fingerprint density at radius 1 is 1.15 bits per heavy atom. The van der Waals surface area contributed by atoms with Crippen molar-refractivity contribution in [1.82, 2.24) is 4.90 Å². The molecule has 142 valence electrons. The number of rotatable bonds is 2. The lowest BCUT2D eigenvalue weighted by molar-refractivity contribution is -0.152. The third-order valence-electron chi connectivity index (χ3n) is 6.58. The number of hydrogen-bond acceptors (Lipinski definition) is 3. The number of fused-ring (bicyclic) bond motifs is 2. The Hall–Kier alpha value is -1.46. The van der Waals surface area contributed by atoms with Crippen molar-refractivity contribution in [1.29, 1.82) is 0 Å². The highest BCUT2D eigenvalue weighted by Crippen LogP contribution is 2.42. The number of halogens is 1. The molecule has 26 heavy (non-hydrogen) atoms. The molecule has 0 aromatic heterocycles. The third-order valence-corrected chi connectivity index (χ3v) is 6.58. The minimum absolute atomic E-state index is 0.0203. The summed E-state index contributed by atoms with van der Waals surface area (Å²) in [6.07, 6.45) is 5.25. The molecule has 4 unspecified atom stereocenters. The van der Waals surface area contributed by atoms with Gasteiger partial charge in [-0.15, -0.1) is 0 Å². The number of ether oxygens (including phenoxy) is 1. The summed E-state index contributed by atoms with van der Waals surface area (Å²) in [6, 6.07) is 6.69. The molecule has 4 rings (SSSR count). The fourth-order valence-corrected chi connectivity index (χ4v) is 5.24. The molecular formula is C21H29FN2O2. The minimum Gasteiger partial charge on any atom is -0.367 e. The Kier molecular flexibility index (Phi) is 5.02. The fourth-order valence-electron chi connectivity index (χ4n) is 5.24. The van der Waals surface area contributed by atoms with Gasteiger partial charge in [0.15, 0.2) is 0 Å². The summed E-state index contributed by atoms with van der Waals surface area (Å²) in [5.41, 5.74) is 7.31. The zero-order chi connectivity index (χ0) is 18.3. The lowest BCUT2D eigenvalue weighted by Gasteiger charge is -2.45. The highest BCUT2D eigenvalue weighted by Gasteiger charge is 2.42. The maximum absolute atomic E-state index is 13.2. The van der Waals surface area contributed by atoms with Crippen LogP contribution in [0.2, 0.25) is 0 Å². The highest BCUT2D eigenvalue weighted by molar-refractivity contribution is 5.79. The van der Waals surface area contributed by atoms with Crippen molar-refractivity contribution in [2.75, 3.05) is 13.1 Å². The topological polar surface area (TPSA) is 55.6 Å². The first kappa shape index (κ1) is 17.9. The van der Waals surface area contributed by atoms with E-state index in [-0.39, 0.29) is 35.9 Å².